The highest BCUT2D eigenvalue weighted by molar-refractivity contribution is 5.30. The van der Waals surface area contributed by atoms with Gasteiger partial charge in [0.15, 0.2) is 0 Å². The maximum Gasteiger partial charge on any atom is 0.220 e. The van der Waals surface area contributed by atoms with Crippen molar-refractivity contribution in [1.82, 2.24) is 0 Å². The lowest BCUT2D eigenvalue weighted by Crippen LogP contribution is -2.16. The molecule has 74 valence electrons. The first-order valence-electron chi connectivity index (χ1n) is 4.49. The van der Waals surface area contributed by atoms with E-state index in [0.717, 1.165) is 24.2 Å². The summed E-state index contributed by atoms with van der Waals surface area (Å²) in [5.41, 5.74) is 0.981. The van der Waals surface area contributed by atoms with Crippen molar-refractivity contribution >= 4 is 0 Å². The molecule has 1 heterocycles. The van der Waals surface area contributed by atoms with Crippen LogP contribution in [0, 0.1) is 0 Å². The molecule has 0 aromatic rings. The zero-order valence-electron chi connectivity index (χ0n) is 8.33. The average Bonchev–Trinajstić information content (AvgIpc) is 2.11. The van der Waals surface area contributed by atoms with Crippen LogP contribution in [0.15, 0.2) is 23.2 Å². The van der Waals surface area contributed by atoms with Crippen LogP contribution in [0.3, 0.4) is 0 Å². The van der Waals surface area contributed by atoms with E-state index in [1.54, 1.807) is 13.2 Å². The van der Waals surface area contributed by atoms with Crippen LogP contribution in [0.1, 0.15) is 26.7 Å². The first kappa shape index (κ1) is 10.1. The van der Waals surface area contributed by atoms with Crippen molar-refractivity contribution in [3.05, 3.63) is 23.2 Å². The normalized spacial score (nSPS) is 22.5. The molecule has 13 heavy (non-hydrogen) atoms. The molecule has 0 saturated heterocycles. The smallest absolute Gasteiger partial charge is 0.220 e. The van der Waals surface area contributed by atoms with Gasteiger partial charge in [0.25, 0.3) is 0 Å². The zero-order valence-corrected chi connectivity index (χ0v) is 8.33. The lowest BCUT2D eigenvalue weighted by Gasteiger charge is -2.22. The molecule has 1 unspecified atom stereocenters. The molecule has 1 atom stereocenters. The molecule has 0 saturated carbocycles. The Morgan fingerprint density at radius 1 is 1.62 bits per heavy atom. The van der Waals surface area contributed by atoms with Gasteiger partial charge in [-0.1, -0.05) is 6.92 Å². The summed E-state index contributed by atoms with van der Waals surface area (Å²) in [6.45, 7) is 4.01. The second-order valence-electron chi connectivity index (χ2n) is 3.04. The van der Waals surface area contributed by atoms with Crippen molar-refractivity contribution in [2.45, 2.75) is 33.0 Å². The Morgan fingerprint density at radius 3 is 2.85 bits per heavy atom. The number of hydrogen-bond donors (Lipinski definition) is 1. The number of aliphatic hydroxyl groups excluding tert-OH is 1. The maximum atomic E-state index is 9.31. The molecule has 0 amide bonds. The molecule has 0 bridgehead atoms. The van der Waals surface area contributed by atoms with Gasteiger partial charge in [0.2, 0.25) is 6.29 Å². The molecule has 1 rings (SSSR count). The van der Waals surface area contributed by atoms with Crippen LogP contribution >= 0.6 is 0 Å². The van der Waals surface area contributed by atoms with Crippen LogP contribution < -0.4 is 0 Å². The van der Waals surface area contributed by atoms with Crippen molar-refractivity contribution in [1.29, 1.82) is 0 Å². The Hall–Kier alpha value is -0.960. The van der Waals surface area contributed by atoms with Gasteiger partial charge >= 0.3 is 0 Å². The topological polar surface area (TPSA) is 38.7 Å². The van der Waals surface area contributed by atoms with Gasteiger partial charge in [-0.25, -0.2) is 0 Å². The number of allylic oxidation sites excluding steroid dienone is 2. The van der Waals surface area contributed by atoms with E-state index in [1.807, 2.05) is 6.92 Å². The number of aliphatic hydroxyl groups is 1. The van der Waals surface area contributed by atoms with E-state index in [9.17, 15) is 5.11 Å². The number of hydrogen-bond acceptors (Lipinski definition) is 3. The molecule has 0 aromatic carbocycles. The molecule has 1 N–H and O–H groups in total. The molecular formula is C10H16O3. The molecule has 0 aromatic heterocycles. The van der Waals surface area contributed by atoms with E-state index in [-0.39, 0.29) is 0 Å². The fourth-order valence-corrected chi connectivity index (χ4v) is 1.35. The van der Waals surface area contributed by atoms with Gasteiger partial charge in [0.05, 0.1) is 7.11 Å². The molecule has 0 aliphatic carbocycles. The van der Waals surface area contributed by atoms with Crippen molar-refractivity contribution in [2.75, 3.05) is 7.11 Å². The molecule has 0 spiro atoms. The molecule has 1 aliphatic rings. The predicted molar refractivity (Wildman–Crippen MR) is 49.8 cm³/mol. The monoisotopic (exact) mass is 184 g/mol. The summed E-state index contributed by atoms with van der Waals surface area (Å²) < 4.78 is 10.4. The molecule has 3 heteroatoms. The molecule has 3 nitrogen and oxygen atoms in total. The van der Waals surface area contributed by atoms with Gasteiger partial charge in [0.1, 0.15) is 11.5 Å². The summed E-state index contributed by atoms with van der Waals surface area (Å²) >= 11 is 0. The average molecular weight is 184 g/mol. The predicted octanol–water partition coefficient (Wildman–Crippen LogP) is 1.94. The Balaban J connectivity index is 2.85. The summed E-state index contributed by atoms with van der Waals surface area (Å²) in [6.07, 6.45) is 2.54. The van der Waals surface area contributed by atoms with Gasteiger partial charge in [-0.15, -0.1) is 0 Å². The van der Waals surface area contributed by atoms with Crippen molar-refractivity contribution < 1.29 is 14.6 Å². The van der Waals surface area contributed by atoms with Gasteiger partial charge in [-0.3, -0.25) is 0 Å². The SMILES string of the molecule is CCCC1=C(C)C(OC)=CC(O)O1. The van der Waals surface area contributed by atoms with Gasteiger partial charge in [0, 0.05) is 18.1 Å². The first-order chi connectivity index (χ1) is 6.19. The molecular weight excluding hydrogens is 168 g/mol. The maximum absolute atomic E-state index is 9.31. The first-order valence-corrected chi connectivity index (χ1v) is 4.49. The minimum Gasteiger partial charge on any atom is -0.496 e. The van der Waals surface area contributed by atoms with Crippen LogP contribution in [0.2, 0.25) is 0 Å². The fourth-order valence-electron chi connectivity index (χ4n) is 1.35. The Kier molecular flexibility index (Phi) is 3.37. The second-order valence-corrected chi connectivity index (χ2v) is 3.04. The standard InChI is InChI=1S/C10H16O3/c1-4-5-8-7(2)9(12-3)6-10(11)13-8/h6,10-11H,4-5H2,1-3H3. The third-order valence-electron chi connectivity index (χ3n) is 2.04. The van der Waals surface area contributed by atoms with Crippen LogP contribution in [-0.4, -0.2) is 18.5 Å². The van der Waals surface area contributed by atoms with Crippen molar-refractivity contribution in [3.8, 4) is 0 Å². The summed E-state index contributed by atoms with van der Waals surface area (Å²) in [5, 5.41) is 9.31. The Labute approximate surface area is 78.7 Å². The van der Waals surface area contributed by atoms with Crippen molar-refractivity contribution in [3.63, 3.8) is 0 Å². The van der Waals surface area contributed by atoms with E-state index in [0.29, 0.717) is 5.76 Å². The van der Waals surface area contributed by atoms with Crippen molar-refractivity contribution in [2.24, 2.45) is 0 Å². The van der Waals surface area contributed by atoms with Crippen LogP contribution in [0.5, 0.6) is 0 Å². The summed E-state index contributed by atoms with van der Waals surface area (Å²) in [7, 11) is 1.59. The van der Waals surface area contributed by atoms with E-state index in [1.165, 1.54) is 0 Å². The molecule has 1 aliphatic heterocycles. The largest absolute Gasteiger partial charge is 0.496 e. The van der Waals surface area contributed by atoms with Crippen LogP contribution in [0.4, 0.5) is 0 Å². The van der Waals surface area contributed by atoms with E-state index < -0.39 is 6.29 Å². The highest BCUT2D eigenvalue weighted by Gasteiger charge is 2.18. The lowest BCUT2D eigenvalue weighted by atomic mass is 10.1. The summed E-state index contributed by atoms with van der Waals surface area (Å²) in [5.74, 6) is 1.54. The van der Waals surface area contributed by atoms with Crippen LogP contribution in [-0.2, 0) is 9.47 Å². The van der Waals surface area contributed by atoms with Gasteiger partial charge < -0.3 is 14.6 Å². The van der Waals surface area contributed by atoms with E-state index >= 15 is 0 Å². The minimum atomic E-state index is -0.861. The van der Waals surface area contributed by atoms with E-state index in [4.69, 9.17) is 9.47 Å². The Morgan fingerprint density at radius 2 is 2.31 bits per heavy atom. The lowest BCUT2D eigenvalue weighted by molar-refractivity contribution is -0.0382. The number of methoxy groups -OCH3 is 1. The zero-order chi connectivity index (χ0) is 9.84. The molecule has 0 radical (unpaired) electrons. The number of ether oxygens (including phenoxy) is 2. The fraction of sp³-hybridized carbons (Fsp3) is 0.600. The highest BCUT2D eigenvalue weighted by atomic mass is 16.6. The van der Waals surface area contributed by atoms with Gasteiger partial charge in [-0.2, -0.15) is 0 Å². The molecule has 0 fully saturated rings. The summed E-state index contributed by atoms with van der Waals surface area (Å²) in [4.78, 5) is 0. The minimum absolute atomic E-state index is 0.710. The van der Waals surface area contributed by atoms with E-state index in [2.05, 4.69) is 6.92 Å². The third-order valence-corrected chi connectivity index (χ3v) is 2.04. The summed E-state index contributed by atoms with van der Waals surface area (Å²) in [6, 6.07) is 0. The number of rotatable bonds is 3. The Bertz CT molecular complexity index is 241. The van der Waals surface area contributed by atoms with Gasteiger partial charge in [-0.05, 0) is 13.3 Å². The quantitative estimate of drug-likeness (QED) is 0.728. The van der Waals surface area contributed by atoms with Crippen LogP contribution in [0.25, 0.3) is 0 Å². The second kappa shape index (κ2) is 4.33. The highest BCUT2D eigenvalue weighted by Crippen LogP contribution is 2.26. The third kappa shape index (κ3) is 2.25.